The van der Waals surface area contributed by atoms with Gasteiger partial charge in [0, 0.05) is 0 Å². The fraction of sp³-hybridized carbons (Fsp3) is 0.105. The van der Waals surface area contributed by atoms with Crippen LogP contribution in [0.5, 0.6) is 0 Å². The van der Waals surface area contributed by atoms with Gasteiger partial charge in [-0.25, -0.2) is 0 Å². The number of hydrogen-bond acceptors (Lipinski definition) is 2. The molecule has 0 amide bonds. The number of ether oxygens (including phenoxy) is 1. The number of allylic oxidation sites excluding steroid dienone is 5. The van der Waals surface area contributed by atoms with E-state index in [0.29, 0.717) is 12.2 Å². The van der Waals surface area contributed by atoms with Crippen molar-refractivity contribution in [2.24, 2.45) is 0 Å². The predicted octanol–water partition coefficient (Wildman–Crippen LogP) is 3.79. The van der Waals surface area contributed by atoms with Gasteiger partial charge in [-0.1, -0.05) is 61.6 Å². The Kier molecular flexibility index (Phi) is 7.98. The summed E-state index contributed by atoms with van der Waals surface area (Å²) in [5.74, 6) is -0.243. The van der Waals surface area contributed by atoms with Crippen molar-refractivity contribution in [2.75, 3.05) is 6.61 Å². The van der Waals surface area contributed by atoms with Gasteiger partial charge in [0.15, 0.2) is 0 Å². The third-order valence-corrected chi connectivity index (χ3v) is 2.94. The minimum Gasteiger partial charge on any atom is -0.613 e. The summed E-state index contributed by atoms with van der Waals surface area (Å²) < 4.78 is 4.75. The van der Waals surface area contributed by atoms with Gasteiger partial charge in [-0.3, -0.25) is 0 Å². The zero-order valence-electron chi connectivity index (χ0n) is 12.4. The van der Waals surface area contributed by atoms with Crippen LogP contribution in [0.2, 0.25) is 0 Å². The van der Waals surface area contributed by atoms with Gasteiger partial charge in [0.1, 0.15) is 0 Å². The summed E-state index contributed by atoms with van der Waals surface area (Å²) in [7, 11) is 0. The predicted molar refractivity (Wildman–Crippen MR) is 84.4 cm³/mol. The molecule has 2 aromatic carbocycles. The average Bonchev–Trinajstić information content (AvgIpc) is 3.23. The Balaban J connectivity index is 0.000000212. The molecule has 0 N–H and O–H groups in total. The molecule has 0 bridgehead atoms. The maximum absolute atomic E-state index is 10.9. The first-order valence-electron chi connectivity index (χ1n) is 6.97. The van der Waals surface area contributed by atoms with Crippen molar-refractivity contribution in [3.63, 3.8) is 0 Å². The number of benzene rings is 1. The first kappa shape index (κ1) is 18.0. The van der Waals surface area contributed by atoms with E-state index in [2.05, 4.69) is 48.5 Å². The molecule has 1 aliphatic rings. The van der Waals surface area contributed by atoms with Crippen LogP contribution in [-0.2, 0) is 21.8 Å². The van der Waals surface area contributed by atoms with Crippen molar-refractivity contribution in [3.05, 3.63) is 90.4 Å². The summed E-state index contributed by atoms with van der Waals surface area (Å²) in [4.78, 5) is 0. The van der Waals surface area contributed by atoms with Gasteiger partial charge in [-0.2, -0.15) is 23.8 Å². The molecule has 3 heteroatoms. The Hall–Kier alpha value is -2.09. The smallest absolute Gasteiger partial charge is 0.613 e. The minimum atomic E-state index is -0.243. The minimum absolute atomic E-state index is 0. The zero-order valence-corrected chi connectivity index (χ0v) is 13.5. The SMILES string of the molecule is CCOC([O-])=C1C=CC=C1.[Fe+2].c1ccc(-c2ccc[cH-]2)cc1. The second kappa shape index (κ2) is 9.77. The molecular formula is C19H18FeO2. The van der Waals surface area contributed by atoms with Crippen LogP contribution in [0, 0.1) is 0 Å². The summed E-state index contributed by atoms with van der Waals surface area (Å²) in [5.41, 5.74) is 3.21. The van der Waals surface area contributed by atoms with Crippen LogP contribution in [-0.4, -0.2) is 6.61 Å². The molecule has 0 saturated carbocycles. The Bertz CT molecular complexity index is 609. The summed E-state index contributed by atoms with van der Waals surface area (Å²) in [6, 6.07) is 18.7. The molecule has 0 unspecified atom stereocenters. The molecule has 0 aromatic heterocycles. The van der Waals surface area contributed by atoms with Crippen LogP contribution in [0.4, 0.5) is 0 Å². The van der Waals surface area contributed by atoms with Crippen molar-refractivity contribution >= 4 is 0 Å². The monoisotopic (exact) mass is 334 g/mol. The van der Waals surface area contributed by atoms with Crippen molar-refractivity contribution < 1.29 is 26.9 Å². The van der Waals surface area contributed by atoms with Crippen LogP contribution in [0.1, 0.15) is 6.92 Å². The van der Waals surface area contributed by atoms with E-state index in [9.17, 15) is 5.11 Å². The molecule has 3 rings (SSSR count). The molecule has 0 radical (unpaired) electrons. The van der Waals surface area contributed by atoms with Gasteiger partial charge in [0.25, 0.3) is 0 Å². The summed E-state index contributed by atoms with van der Waals surface area (Å²) in [6.45, 7) is 2.23. The molecule has 2 aromatic rings. The van der Waals surface area contributed by atoms with Crippen molar-refractivity contribution in [1.82, 2.24) is 0 Å². The van der Waals surface area contributed by atoms with Gasteiger partial charge in [0.2, 0.25) is 0 Å². The maximum Gasteiger partial charge on any atom is 2.00 e. The Labute approximate surface area is 142 Å². The third-order valence-electron chi connectivity index (χ3n) is 2.94. The Morgan fingerprint density at radius 1 is 1.05 bits per heavy atom. The molecule has 114 valence electrons. The first-order valence-corrected chi connectivity index (χ1v) is 6.97. The van der Waals surface area contributed by atoms with E-state index in [1.54, 1.807) is 19.1 Å². The molecule has 22 heavy (non-hydrogen) atoms. The molecule has 1 aliphatic carbocycles. The summed E-state index contributed by atoms with van der Waals surface area (Å²) >= 11 is 0. The van der Waals surface area contributed by atoms with E-state index in [-0.39, 0.29) is 23.0 Å². The van der Waals surface area contributed by atoms with Crippen LogP contribution >= 0.6 is 0 Å². The fourth-order valence-electron chi connectivity index (χ4n) is 1.92. The molecular weight excluding hydrogens is 316 g/mol. The molecule has 2 nitrogen and oxygen atoms in total. The largest absolute Gasteiger partial charge is 2.00 e. The van der Waals surface area contributed by atoms with Gasteiger partial charge >= 0.3 is 17.1 Å². The first-order chi connectivity index (χ1) is 10.3. The maximum atomic E-state index is 10.9. The van der Waals surface area contributed by atoms with E-state index in [1.165, 1.54) is 11.1 Å². The number of rotatable bonds is 3. The van der Waals surface area contributed by atoms with Crippen LogP contribution in [0.25, 0.3) is 11.1 Å². The van der Waals surface area contributed by atoms with E-state index >= 15 is 0 Å². The zero-order chi connectivity index (χ0) is 14.9. The molecule has 0 fully saturated rings. The summed E-state index contributed by atoms with van der Waals surface area (Å²) in [5, 5.41) is 10.9. The van der Waals surface area contributed by atoms with Crippen molar-refractivity contribution in [1.29, 1.82) is 0 Å². The molecule has 0 heterocycles. The second-order valence-electron chi connectivity index (χ2n) is 4.43. The van der Waals surface area contributed by atoms with Crippen molar-refractivity contribution in [2.45, 2.75) is 6.92 Å². The van der Waals surface area contributed by atoms with Crippen LogP contribution in [0.3, 0.4) is 0 Å². The second-order valence-corrected chi connectivity index (χ2v) is 4.43. The van der Waals surface area contributed by atoms with Gasteiger partial charge < -0.3 is 9.84 Å². The standard InChI is InChI=1S/C11H9.C8H10O2.Fe/c1-2-6-10(7-3-1)11-8-4-5-9-11;1-2-10-8(9)7-5-3-4-6-7;/h1-9H;3-6,9H,2H2,1H3;/q-1;;+2/p-1. The quantitative estimate of drug-likeness (QED) is 0.486. The van der Waals surface area contributed by atoms with E-state index in [0.717, 1.165) is 0 Å². The molecule has 0 saturated heterocycles. The Morgan fingerprint density at radius 2 is 1.73 bits per heavy atom. The van der Waals surface area contributed by atoms with Gasteiger partial charge in [0.05, 0.1) is 5.95 Å². The fourth-order valence-corrected chi connectivity index (χ4v) is 1.92. The third kappa shape index (κ3) is 5.36. The Morgan fingerprint density at radius 3 is 2.27 bits per heavy atom. The van der Waals surface area contributed by atoms with Crippen LogP contribution < -0.4 is 5.11 Å². The molecule has 0 atom stereocenters. The van der Waals surface area contributed by atoms with Crippen LogP contribution in [0.15, 0.2) is 90.4 Å². The van der Waals surface area contributed by atoms with E-state index in [4.69, 9.17) is 4.74 Å². The van der Waals surface area contributed by atoms with Gasteiger partial charge in [-0.15, -0.1) is 11.6 Å². The average molecular weight is 334 g/mol. The van der Waals surface area contributed by atoms with Crippen molar-refractivity contribution in [3.8, 4) is 11.1 Å². The van der Waals surface area contributed by atoms with E-state index in [1.807, 2.05) is 18.2 Å². The topological polar surface area (TPSA) is 32.3 Å². The van der Waals surface area contributed by atoms with E-state index < -0.39 is 0 Å². The normalized spacial score (nSPS) is 11.4. The van der Waals surface area contributed by atoms with Gasteiger partial charge in [-0.05, 0) is 12.2 Å². The number of hydrogen-bond donors (Lipinski definition) is 0. The molecule has 0 spiro atoms. The molecule has 0 aliphatic heterocycles. The summed E-state index contributed by atoms with van der Waals surface area (Å²) in [6.07, 6.45) is 7.09.